The summed E-state index contributed by atoms with van der Waals surface area (Å²) in [6, 6.07) is 7.83. The van der Waals surface area contributed by atoms with E-state index in [2.05, 4.69) is 5.32 Å². The Labute approximate surface area is 185 Å². The molecule has 31 heavy (non-hydrogen) atoms. The van der Waals surface area contributed by atoms with E-state index < -0.39 is 0 Å². The van der Waals surface area contributed by atoms with Gasteiger partial charge in [-0.2, -0.15) is 0 Å². The van der Waals surface area contributed by atoms with Crippen molar-refractivity contribution in [3.05, 3.63) is 57.4 Å². The molecule has 0 aliphatic heterocycles. The minimum Gasteiger partial charge on any atom is -0.349 e. The van der Waals surface area contributed by atoms with Crippen LogP contribution in [0.25, 0.3) is 10.2 Å². The molecule has 0 atom stereocenters. The predicted molar refractivity (Wildman–Crippen MR) is 122 cm³/mol. The van der Waals surface area contributed by atoms with Gasteiger partial charge in [-0.15, -0.1) is 11.3 Å². The highest BCUT2D eigenvalue weighted by atomic mass is 32.1. The quantitative estimate of drug-likeness (QED) is 0.626. The van der Waals surface area contributed by atoms with Crippen LogP contribution < -0.4 is 5.32 Å². The largest absolute Gasteiger partial charge is 0.349 e. The van der Waals surface area contributed by atoms with Gasteiger partial charge < -0.3 is 10.2 Å². The molecule has 5 rings (SSSR count). The number of rotatable bonds is 6. The Kier molecular flexibility index (Phi) is 5.01. The zero-order valence-electron chi connectivity index (χ0n) is 18.1. The van der Waals surface area contributed by atoms with E-state index in [1.165, 1.54) is 11.3 Å². The highest BCUT2D eigenvalue weighted by molar-refractivity contribution is 7.20. The van der Waals surface area contributed by atoms with Crippen molar-refractivity contribution in [2.45, 2.75) is 58.0 Å². The fourth-order valence-corrected chi connectivity index (χ4v) is 5.10. The summed E-state index contributed by atoms with van der Waals surface area (Å²) in [5, 5.41) is 4.01. The van der Waals surface area contributed by atoms with E-state index in [1.54, 1.807) is 4.90 Å². The molecule has 2 aliphatic carbocycles. The molecule has 0 bridgehead atoms. The lowest BCUT2D eigenvalue weighted by Gasteiger charge is -2.17. The molecule has 7 heteroatoms. The SMILES string of the molecule is Cc1nc(C2CC2)nc2sc(C(=O)N(C)Cc3ccc(C(=O)NC4CC4)cc3)c(C)c12. The lowest BCUT2D eigenvalue weighted by atomic mass is 10.1. The molecule has 6 nitrogen and oxygen atoms in total. The molecule has 2 heterocycles. The van der Waals surface area contributed by atoms with Crippen LogP contribution in [-0.4, -0.2) is 39.8 Å². The van der Waals surface area contributed by atoms with E-state index in [0.717, 1.165) is 63.4 Å². The van der Waals surface area contributed by atoms with Crippen LogP contribution in [0.3, 0.4) is 0 Å². The summed E-state index contributed by atoms with van der Waals surface area (Å²) in [5.74, 6) is 1.37. The molecule has 2 aromatic heterocycles. The molecular weight excluding hydrogens is 408 g/mol. The van der Waals surface area contributed by atoms with Gasteiger partial charge in [0.15, 0.2) is 0 Å². The molecule has 0 spiro atoms. The summed E-state index contributed by atoms with van der Waals surface area (Å²) in [5.41, 5.74) is 3.57. The first kappa shape index (κ1) is 20.1. The van der Waals surface area contributed by atoms with Crippen LogP contribution in [0.1, 0.15) is 74.3 Å². The Morgan fingerprint density at radius 1 is 1.10 bits per heavy atom. The zero-order chi connectivity index (χ0) is 21.7. The first-order valence-electron chi connectivity index (χ1n) is 10.8. The minimum absolute atomic E-state index is 0.0107. The number of nitrogens with zero attached hydrogens (tertiary/aromatic N) is 3. The van der Waals surface area contributed by atoms with Gasteiger partial charge in [0, 0.05) is 36.5 Å². The third kappa shape index (κ3) is 4.06. The van der Waals surface area contributed by atoms with Gasteiger partial charge in [0.1, 0.15) is 10.7 Å². The highest BCUT2D eigenvalue weighted by Crippen LogP contribution is 2.40. The molecule has 2 saturated carbocycles. The van der Waals surface area contributed by atoms with E-state index in [1.807, 2.05) is 45.2 Å². The monoisotopic (exact) mass is 434 g/mol. The molecule has 0 radical (unpaired) electrons. The van der Waals surface area contributed by atoms with Crippen LogP contribution in [0.5, 0.6) is 0 Å². The Morgan fingerprint density at radius 2 is 1.81 bits per heavy atom. The van der Waals surface area contributed by atoms with Gasteiger partial charge in [0.25, 0.3) is 11.8 Å². The lowest BCUT2D eigenvalue weighted by molar-refractivity contribution is 0.0788. The van der Waals surface area contributed by atoms with E-state index in [9.17, 15) is 9.59 Å². The van der Waals surface area contributed by atoms with Gasteiger partial charge >= 0.3 is 0 Å². The number of amides is 2. The second-order valence-electron chi connectivity index (χ2n) is 8.78. The van der Waals surface area contributed by atoms with Crippen molar-refractivity contribution in [1.29, 1.82) is 0 Å². The number of fused-ring (bicyclic) bond motifs is 1. The average Bonchev–Trinajstić information content (AvgIpc) is 3.67. The lowest BCUT2D eigenvalue weighted by Crippen LogP contribution is -2.26. The van der Waals surface area contributed by atoms with E-state index in [0.29, 0.717) is 24.1 Å². The maximum absolute atomic E-state index is 13.2. The first-order valence-corrected chi connectivity index (χ1v) is 11.6. The Morgan fingerprint density at radius 3 is 2.45 bits per heavy atom. The van der Waals surface area contributed by atoms with Crippen LogP contribution in [0.2, 0.25) is 0 Å². The Bertz CT molecular complexity index is 1180. The molecule has 3 aromatic rings. The molecule has 1 aromatic carbocycles. The Balaban J connectivity index is 1.32. The fraction of sp³-hybridized carbons (Fsp3) is 0.417. The van der Waals surface area contributed by atoms with Gasteiger partial charge in [-0.05, 0) is 62.8 Å². The number of hydrogen-bond acceptors (Lipinski definition) is 5. The molecule has 1 N–H and O–H groups in total. The zero-order valence-corrected chi connectivity index (χ0v) is 18.9. The minimum atomic E-state index is -0.0265. The fourth-order valence-electron chi connectivity index (χ4n) is 3.86. The summed E-state index contributed by atoms with van der Waals surface area (Å²) in [4.78, 5) is 38.2. The van der Waals surface area contributed by atoms with Crippen molar-refractivity contribution in [3.8, 4) is 0 Å². The van der Waals surface area contributed by atoms with Crippen molar-refractivity contribution in [2.75, 3.05) is 7.05 Å². The molecule has 2 amide bonds. The molecule has 0 unspecified atom stereocenters. The van der Waals surface area contributed by atoms with Crippen molar-refractivity contribution < 1.29 is 9.59 Å². The number of aromatic nitrogens is 2. The van der Waals surface area contributed by atoms with Gasteiger partial charge in [-0.25, -0.2) is 9.97 Å². The second kappa shape index (κ2) is 7.71. The molecular formula is C24H26N4O2S. The van der Waals surface area contributed by atoms with Gasteiger partial charge in [-0.1, -0.05) is 12.1 Å². The maximum Gasteiger partial charge on any atom is 0.264 e. The number of carbonyl (C=O) groups is 2. The summed E-state index contributed by atoms with van der Waals surface area (Å²) in [6.07, 6.45) is 4.46. The molecule has 2 aliphatic rings. The van der Waals surface area contributed by atoms with Crippen LogP contribution in [0, 0.1) is 13.8 Å². The number of carbonyl (C=O) groups excluding carboxylic acids is 2. The number of hydrogen-bond donors (Lipinski definition) is 1. The standard InChI is InChI=1S/C24H26N4O2S/c1-13-19-14(2)25-21(16-8-9-16)27-23(19)31-20(13)24(30)28(3)12-15-4-6-17(7-5-15)22(29)26-18-10-11-18/h4-7,16,18H,8-12H2,1-3H3,(H,26,29). The van der Waals surface area contributed by atoms with Crippen LogP contribution in [0.4, 0.5) is 0 Å². The number of nitrogens with one attached hydrogen (secondary N) is 1. The van der Waals surface area contributed by atoms with E-state index >= 15 is 0 Å². The third-order valence-corrected chi connectivity index (χ3v) is 7.19. The molecule has 2 fully saturated rings. The van der Waals surface area contributed by atoms with Crippen LogP contribution in [-0.2, 0) is 6.54 Å². The van der Waals surface area contributed by atoms with Crippen molar-refractivity contribution in [1.82, 2.24) is 20.2 Å². The summed E-state index contributed by atoms with van der Waals surface area (Å²) < 4.78 is 0. The number of thiophene rings is 1. The predicted octanol–water partition coefficient (Wildman–Crippen LogP) is 4.35. The van der Waals surface area contributed by atoms with E-state index in [4.69, 9.17) is 9.97 Å². The first-order chi connectivity index (χ1) is 14.9. The summed E-state index contributed by atoms with van der Waals surface area (Å²) in [7, 11) is 1.81. The van der Waals surface area contributed by atoms with Crippen molar-refractivity contribution in [3.63, 3.8) is 0 Å². The summed E-state index contributed by atoms with van der Waals surface area (Å²) in [6.45, 7) is 4.48. The van der Waals surface area contributed by atoms with E-state index in [-0.39, 0.29) is 11.8 Å². The topological polar surface area (TPSA) is 75.2 Å². The van der Waals surface area contributed by atoms with Crippen LogP contribution in [0.15, 0.2) is 24.3 Å². The van der Waals surface area contributed by atoms with Gasteiger partial charge in [0.05, 0.1) is 10.6 Å². The third-order valence-electron chi connectivity index (χ3n) is 6.02. The number of benzene rings is 1. The Hall–Kier alpha value is -2.80. The second-order valence-corrected chi connectivity index (χ2v) is 9.78. The van der Waals surface area contributed by atoms with Gasteiger partial charge in [0.2, 0.25) is 0 Å². The van der Waals surface area contributed by atoms with Crippen molar-refractivity contribution >= 4 is 33.4 Å². The highest BCUT2D eigenvalue weighted by Gasteiger charge is 2.29. The summed E-state index contributed by atoms with van der Waals surface area (Å²) >= 11 is 1.47. The van der Waals surface area contributed by atoms with Crippen molar-refractivity contribution in [2.24, 2.45) is 0 Å². The maximum atomic E-state index is 13.2. The normalized spacial score (nSPS) is 15.8. The molecule has 0 saturated heterocycles. The van der Waals surface area contributed by atoms with Crippen LogP contribution >= 0.6 is 11.3 Å². The smallest absolute Gasteiger partial charge is 0.264 e. The van der Waals surface area contributed by atoms with Gasteiger partial charge in [-0.3, -0.25) is 9.59 Å². The molecule has 160 valence electrons. The average molecular weight is 435 g/mol. The number of aryl methyl sites for hydroxylation is 2.